The monoisotopic (exact) mass is 352 g/mol. The summed E-state index contributed by atoms with van der Waals surface area (Å²) >= 11 is 0. The Morgan fingerprint density at radius 2 is 1.54 bits per heavy atom. The first-order valence-corrected chi connectivity index (χ1v) is 9.90. The minimum absolute atomic E-state index is 0.425. The predicted molar refractivity (Wildman–Crippen MR) is 107 cm³/mol. The second-order valence-electron chi connectivity index (χ2n) is 7.28. The smallest absolute Gasteiger partial charge is 0.119 e. The second kappa shape index (κ2) is 9.56. The van der Waals surface area contributed by atoms with Gasteiger partial charge in [-0.1, -0.05) is 55.8 Å². The van der Waals surface area contributed by atoms with E-state index in [4.69, 9.17) is 4.74 Å². The molecular weight excluding hydrogens is 323 g/mol. The summed E-state index contributed by atoms with van der Waals surface area (Å²) in [6, 6.07) is 17.3. The van der Waals surface area contributed by atoms with Crippen molar-refractivity contribution in [3.8, 4) is 16.9 Å². The molecule has 1 aliphatic rings. The van der Waals surface area contributed by atoms with Crippen molar-refractivity contribution in [1.82, 2.24) is 0 Å². The highest BCUT2D eigenvalue weighted by Gasteiger charge is 2.20. The molecule has 0 aliphatic heterocycles. The van der Waals surface area contributed by atoms with Crippen molar-refractivity contribution in [2.45, 2.75) is 51.4 Å². The summed E-state index contributed by atoms with van der Waals surface area (Å²) in [6.07, 6.45) is 9.15. The first-order valence-electron chi connectivity index (χ1n) is 9.90. The molecule has 1 fully saturated rings. The van der Waals surface area contributed by atoms with Crippen molar-refractivity contribution in [2.24, 2.45) is 5.92 Å². The fourth-order valence-corrected chi connectivity index (χ4v) is 3.77. The van der Waals surface area contributed by atoms with Crippen LogP contribution in [0.25, 0.3) is 11.1 Å². The van der Waals surface area contributed by atoms with Crippen molar-refractivity contribution in [3.05, 3.63) is 66.5 Å². The van der Waals surface area contributed by atoms with Crippen molar-refractivity contribution in [2.75, 3.05) is 6.61 Å². The van der Waals surface area contributed by atoms with Gasteiger partial charge in [0.15, 0.2) is 0 Å². The van der Waals surface area contributed by atoms with Crippen LogP contribution < -0.4 is 4.74 Å². The zero-order chi connectivity index (χ0) is 18.2. The number of hydrogen-bond donors (Lipinski definition) is 0. The van der Waals surface area contributed by atoms with Crippen LogP contribution >= 0.6 is 0 Å². The number of hydrogen-bond acceptors (Lipinski definition) is 1. The molecule has 0 aromatic heterocycles. The van der Waals surface area contributed by atoms with Gasteiger partial charge in [0, 0.05) is 0 Å². The lowest BCUT2D eigenvalue weighted by Crippen LogP contribution is -2.11. The molecule has 0 atom stereocenters. The lowest BCUT2D eigenvalue weighted by Gasteiger charge is -2.27. The highest BCUT2D eigenvalue weighted by Crippen LogP contribution is 2.37. The van der Waals surface area contributed by atoms with E-state index in [9.17, 15) is 4.39 Å². The second-order valence-corrected chi connectivity index (χ2v) is 7.28. The van der Waals surface area contributed by atoms with Crippen LogP contribution in [0.2, 0.25) is 0 Å². The van der Waals surface area contributed by atoms with Crippen LogP contribution in [0, 0.1) is 5.92 Å². The van der Waals surface area contributed by atoms with E-state index in [1.54, 1.807) is 6.08 Å². The Labute approximate surface area is 156 Å². The van der Waals surface area contributed by atoms with Gasteiger partial charge in [-0.05, 0) is 72.8 Å². The van der Waals surface area contributed by atoms with Crippen LogP contribution in [0.1, 0.15) is 56.9 Å². The Kier molecular flexibility index (Phi) is 6.88. The molecule has 0 amide bonds. The summed E-state index contributed by atoms with van der Waals surface area (Å²) in [5.41, 5.74) is 3.87. The van der Waals surface area contributed by atoms with Gasteiger partial charge in [-0.3, -0.25) is 0 Å². The molecule has 138 valence electrons. The van der Waals surface area contributed by atoms with Gasteiger partial charge in [0.2, 0.25) is 0 Å². The van der Waals surface area contributed by atoms with Gasteiger partial charge in [0.05, 0.1) is 12.9 Å². The molecule has 2 aromatic rings. The lowest BCUT2D eigenvalue weighted by molar-refractivity contribution is 0.309. The molecule has 0 heterocycles. The van der Waals surface area contributed by atoms with E-state index in [0.29, 0.717) is 18.2 Å². The first kappa shape index (κ1) is 18.7. The van der Waals surface area contributed by atoms with E-state index in [2.05, 4.69) is 55.5 Å². The Balaban J connectivity index is 1.59. The third kappa shape index (κ3) is 4.97. The maximum Gasteiger partial charge on any atom is 0.119 e. The predicted octanol–water partition coefficient (Wildman–Crippen LogP) is 7.29. The number of allylic oxidation sites excluding steroid dienone is 1. The molecule has 0 N–H and O–H groups in total. The van der Waals surface area contributed by atoms with Crippen molar-refractivity contribution < 1.29 is 9.13 Å². The molecule has 3 rings (SSSR count). The summed E-state index contributed by atoms with van der Waals surface area (Å²) in [5.74, 6) is 1.98. The fraction of sp³-hybridized carbons (Fsp3) is 0.417. The van der Waals surface area contributed by atoms with Crippen LogP contribution in [0.15, 0.2) is 60.9 Å². The number of halogens is 1. The van der Waals surface area contributed by atoms with Crippen LogP contribution in [0.4, 0.5) is 4.39 Å². The molecular formula is C24H29FO. The van der Waals surface area contributed by atoms with Crippen molar-refractivity contribution in [1.29, 1.82) is 0 Å². The lowest BCUT2D eigenvalue weighted by atomic mass is 9.78. The maximum atomic E-state index is 12.3. The molecule has 0 unspecified atom stereocenters. The Hall–Kier alpha value is -2.09. The van der Waals surface area contributed by atoms with Gasteiger partial charge in [0.1, 0.15) is 5.75 Å². The summed E-state index contributed by atoms with van der Waals surface area (Å²) in [4.78, 5) is 0. The highest BCUT2D eigenvalue weighted by molar-refractivity contribution is 5.64. The van der Waals surface area contributed by atoms with E-state index in [1.807, 2.05) is 0 Å². The van der Waals surface area contributed by atoms with Crippen molar-refractivity contribution >= 4 is 0 Å². The summed E-state index contributed by atoms with van der Waals surface area (Å²) in [7, 11) is 0. The Bertz CT molecular complexity index is 679. The van der Waals surface area contributed by atoms with Crippen LogP contribution in [-0.4, -0.2) is 6.61 Å². The van der Waals surface area contributed by atoms with E-state index in [1.165, 1.54) is 16.7 Å². The van der Waals surface area contributed by atoms with E-state index in [-0.39, 0.29) is 0 Å². The Morgan fingerprint density at radius 3 is 2.12 bits per heavy atom. The minimum atomic E-state index is 0.425. The summed E-state index contributed by atoms with van der Waals surface area (Å²) in [5, 5.41) is 0. The van der Waals surface area contributed by atoms with Gasteiger partial charge in [-0.25, -0.2) is 4.39 Å². The van der Waals surface area contributed by atoms with E-state index >= 15 is 0 Å². The summed E-state index contributed by atoms with van der Waals surface area (Å²) < 4.78 is 18.1. The normalized spacial score (nSPS) is 20.4. The number of unbranched alkanes of at least 4 members (excludes halogenated alkanes) is 1. The molecule has 2 aromatic carbocycles. The molecule has 1 aliphatic carbocycles. The standard InChI is InChI=1S/C24H29FO/c1-2-3-18-26-24-14-12-23(13-15-24)22-10-8-21(9-11-22)20-6-4-19(5-7-20)16-17-25/h8-17,19-20H,2-7,18H2,1H3/b17-16+. The number of rotatable bonds is 7. The van der Waals surface area contributed by atoms with Gasteiger partial charge >= 0.3 is 0 Å². The van der Waals surface area contributed by atoms with Gasteiger partial charge < -0.3 is 4.74 Å². The van der Waals surface area contributed by atoms with Gasteiger partial charge in [-0.15, -0.1) is 0 Å². The maximum absolute atomic E-state index is 12.3. The highest BCUT2D eigenvalue weighted by atomic mass is 19.1. The zero-order valence-corrected chi connectivity index (χ0v) is 15.7. The molecule has 1 saturated carbocycles. The van der Waals surface area contributed by atoms with E-state index < -0.39 is 0 Å². The SMILES string of the molecule is CCCCOc1ccc(-c2ccc(C3CCC(/C=C/F)CC3)cc2)cc1. The van der Waals surface area contributed by atoms with Crippen LogP contribution in [0.3, 0.4) is 0 Å². The molecule has 1 nitrogen and oxygen atoms in total. The third-order valence-electron chi connectivity index (χ3n) is 5.45. The van der Waals surface area contributed by atoms with Crippen LogP contribution in [0.5, 0.6) is 5.75 Å². The fourth-order valence-electron chi connectivity index (χ4n) is 3.77. The van der Waals surface area contributed by atoms with E-state index in [0.717, 1.165) is 50.9 Å². The Morgan fingerprint density at radius 1 is 0.923 bits per heavy atom. The molecule has 0 saturated heterocycles. The topological polar surface area (TPSA) is 9.23 Å². The first-order chi connectivity index (χ1) is 12.8. The molecule has 26 heavy (non-hydrogen) atoms. The largest absolute Gasteiger partial charge is 0.494 e. The van der Waals surface area contributed by atoms with Crippen molar-refractivity contribution in [3.63, 3.8) is 0 Å². The summed E-state index contributed by atoms with van der Waals surface area (Å²) in [6.45, 7) is 2.96. The average Bonchev–Trinajstić information content (AvgIpc) is 2.70. The zero-order valence-electron chi connectivity index (χ0n) is 15.7. The van der Waals surface area contributed by atoms with Crippen LogP contribution in [-0.2, 0) is 0 Å². The number of benzene rings is 2. The quantitative estimate of drug-likeness (QED) is 0.475. The van der Waals surface area contributed by atoms with Gasteiger partial charge in [-0.2, -0.15) is 0 Å². The van der Waals surface area contributed by atoms with Gasteiger partial charge in [0.25, 0.3) is 0 Å². The molecule has 0 bridgehead atoms. The minimum Gasteiger partial charge on any atom is -0.494 e. The average molecular weight is 352 g/mol. The number of ether oxygens (including phenoxy) is 1. The third-order valence-corrected chi connectivity index (χ3v) is 5.45. The molecule has 2 heteroatoms. The molecule has 0 radical (unpaired) electrons. The molecule has 0 spiro atoms.